The molecule has 1 aliphatic heterocycles. The number of nitrogens with zero attached hydrogens (tertiary/aromatic N) is 1. The molecule has 1 aromatic rings. The molecule has 0 radical (unpaired) electrons. The predicted molar refractivity (Wildman–Crippen MR) is 82.7 cm³/mol. The molecule has 0 spiro atoms. The zero-order chi connectivity index (χ0) is 17.5. The fourth-order valence-electron chi connectivity index (χ4n) is 3.54. The Morgan fingerprint density at radius 3 is 2.75 bits per heavy atom. The third-order valence-corrected chi connectivity index (χ3v) is 4.70. The van der Waals surface area contributed by atoms with E-state index in [4.69, 9.17) is 5.26 Å². The van der Waals surface area contributed by atoms with Gasteiger partial charge in [-0.25, -0.2) is 0 Å². The summed E-state index contributed by atoms with van der Waals surface area (Å²) in [5.74, 6) is -0.644. The van der Waals surface area contributed by atoms with Crippen molar-refractivity contribution in [2.75, 3.05) is 0 Å². The molecule has 126 valence electrons. The van der Waals surface area contributed by atoms with E-state index in [0.717, 1.165) is 17.6 Å². The van der Waals surface area contributed by atoms with Gasteiger partial charge in [0.1, 0.15) is 0 Å². The minimum absolute atomic E-state index is 0.380. The average Bonchev–Trinajstić information content (AvgIpc) is 2.53. The smallest absolute Gasteiger partial charge is 0.364 e. The molecular formula is C18H17F3N2O. The Hall–Kier alpha value is -2.26. The number of hydrogen-bond donors (Lipinski definition) is 2. The summed E-state index contributed by atoms with van der Waals surface area (Å²) in [7, 11) is 0. The summed E-state index contributed by atoms with van der Waals surface area (Å²) >= 11 is 0. The van der Waals surface area contributed by atoms with Gasteiger partial charge < -0.3 is 10.4 Å². The van der Waals surface area contributed by atoms with Gasteiger partial charge in [-0.05, 0) is 48.1 Å². The van der Waals surface area contributed by atoms with E-state index < -0.39 is 24.2 Å². The van der Waals surface area contributed by atoms with Gasteiger partial charge in [-0.1, -0.05) is 18.7 Å². The summed E-state index contributed by atoms with van der Waals surface area (Å²) in [5, 5.41) is 21.6. The van der Waals surface area contributed by atoms with Crippen LogP contribution in [0.5, 0.6) is 0 Å². The van der Waals surface area contributed by atoms with E-state index in [1.807, 2.05) is 6.07 Å². The van der Waals surface area contributed by atoms with Crippen molar-refractivity contribution < 1.29 is 18.3 Å². The van der Waals surface area contributed by atoms with Crippen LogP contribution in [0, 0.1) is 11.3 Å². The highest BCUT2D eigenvalue weighted by Gasteiger charge is 2.58. The van der Waals surface area contributed by atoms with E-state index in [1.165, 1.54) is 0 Å². The maximum atomic E-state index is 13.4. The van der Waals surface area contributed by atoms with Crippen molar-refractivity contribution in [1.29, 1.82) is 5.26 Å². The van der Waals surface area contributed by atoms with Gasteiger partial charge in [-0.2, -0.15) is 18.4 Å². The van der Waals surface area contributed by atoms with E-state index in [9.17, 15) is 18.3 Å². The van der Waals surface area contributed by atoms with Crippen LogP contribution in [0.3, 0.4) is 0 Å². The molecule has 1 heterocycles. The van der Waals surface area contributed by atoms with Gasteiger partial charge in [-0.3, -0.25) is 0 Å². The maximum absolute atomic E-state index is 13.4. The first-order valence-electron chi connectivity index (χ1n) is 7.74. The molecule has 0 saturated heterocycles. The van der Waals surface area contributed by atoms with Crippen LogP contribution < -0.4 is 5.32 Å². The standard InChI is InChI=1S/C18H17F3N2O/c1-11-4-2-7-15-16(11)14(9-17(24,23-15)18(19,20)21)13-6-3-5-12(8-13)10-22/h3,5-6,8,14,23-24H,1-2,4,7,9H2/t14-,17?/m0/s1. The SMILES string of the molecule is C=C1CCCC2=C1[C@H](c1cccc(C#N)c1)CC(O)(C(F)(F)F)N2. The van der Waals surface area contributed by atoms with Gasteiger partial charge in [0.15, 0.2) is 0 Å². The maximum Gasteiger partial charge on any atom is 0.436 e. The molecular weight excluding hydrogens is 317 g/mol. The molecule has 1 aliphatic carbocycles. The van der Waals surface area contributed by atoms with Crippen LogP contribution in [0.2, 0.25) is 0 Å². The first-order chi connectivity index (χ1) is 11.2. The number of nitrogens with one attached hydrogen (secondary N) is 1. The highest BCUT2D eigenvalue weighted by molar-refractivity contribution is 5.48. The first-order valence-corrected chi connectivity index (χ1v) is 7.74. The number of halogens is 3. The van der Waals surface area contributed by atoms with Crippen molar-refractivity contribution in [3.05, 3.63) is 58.8 Å². The summed E-state index contributed by atoms with van der Waals surface area (Å²) < 4.78 is 40.2. The minimum Gasteiger partial charge on any atom is -0.364 e. The number of rotatable bonds is 1. The fourth-order valence-corrected chi connectivity index (χ4v) is 3.54. The predicted octanol–water partition coefficient (Wildman–Crippen LogP) is 3.88. The highest BCUT2D eigenvalue weighted by atomic mass is 19.4. The number of alkyl halides is 3. The highest BCUT2D eigenvalue weighted by Crippen LogP contribution is 2.49. The fraction of sp³-hybridized carbons (Fsp3) is 0.389. The summed E-state index contributed by atoms with van der Waals surface area (Å²) in [6.07, 6.45) is -3.47. The van der Waals surface area contributed by atoms with Crippen LogP contribution >= 0.6 is 0 Å². The van der Waals surface area contributed by atoms with Crippen LogP contribution in [0.4, 0.5) is 13.2 Å². The molecule has 3 nitrogen and oxygen atoms in total. The Bertz CT molecular complexity index is 760. The van der Waals surface area contributed by atoms with Crippen molar-refractivity contribution >= 4 is 0 Å². The van der Waals surface area contributed by atoms with Crippen LogP contribution in [-0.2, 0) is 0 Å². The first kappa shape index (κ1) is 16.6. The molecule has 0 saturated carbocycles. The molecule has 6 heteroatoms. The van der Waals surface area contributed by atoms with E-state index in [-0.39, 0.29) is 0 Å². The molecule has 0 bridgehead atoms. The quantitative estimate of drug-likeness (QED) is 0.819. The average molecular weight is 334 g/mol. The Morgan fingerprint density at radius 1 is 1.33 bits per heavy atom. The number of benzene rings is 1. The molecule has 2 N–H and O–H groups in total. The van der Waals surface area contributed by atoms with Gasteiger partial charge in [0.25, 0.3) is 0 Å². The lowest BCUT2D eigenvalue weighted by molar-refractivity contribution is -0.275. The van der Waals surface area contributed by atoms with Crippen LogP contribution in [0.25, 0.3) is 0 Å². The largest absolute Gasteiger partial charge is 0.436 e. The molecule has 0 aromatic heterocycles. The van der Waals surface area contributed by atoms with Gasteiger partial charge in [0.2, 0.25) is 5.72 Å². The van der Waals surface area contributed by atoms with Gasteiger partial charge >= 0.3 is 6.18 Å². The van der Waals surface area contributed by atoms with Gasteiger partial charge in [-0.15, -0.1) is 0 Å². The number of hydrogen-bond acceptors (Lipinski definition) is 3. The number of nitriles is 1. The Kier molecular flexibility index (Phi) is 3.92. The molecule has 2 atom stereocenters. The lowest BCUT2D eigenvalue weighted by Crippen LogP contribution is -2.59. The molecule has 0 amide bonds. The zero-order valence-corrected chi connectivity index (χ0v) is 13.0. The third-order valence-electron chi connectivity index (χ3n) is 4.70. The molecule has 2 aliphatic rings. The normalized spacial score (nSPS) is 27.3. The van der Waals surface area contributed by atoms with Gasteiger partial charge in [0, 0.05) is 18.0 Å². The van der Waals surface area contributed by atoms with Crippen LogP contribution in [-0.4, -0.2) is 17.0 Å². The van der Waals surface area contributed by atoms with E-state index in [0.29, 0.717) is 29.7 Å². The second kappa shape index (κ2) is 5.67. The lowest BCUT2D eigenvalue weighted by Gasteiger charge is -2.44. The summed E-state index contributed by atoms with van der Waals surface area (Å²) in [4.78, 5) is 0. The molecule has 1 unspecified atom stereocenters. The lowest BCUT2D eigenvalue weighted by atomic mass is 9.73. The Labute approximate surface area is 138 Å². The summed E-state index contributed by atoms with van der Waals surface area (Å²) in [6.45, 7) is 4.00. The van der Waals surface area contributed by atoms with Crippen LogP contribution in [0.1, 0.15) is 42.7 Å². The zero-order valence-electron chi connectivity index (χ0n) is 13.0. The van der Waals surface area contributed by atoms with Crippen molar-refractivity contribution in [1.82, 2.24) is 5.32 Å². The second-order valence-corrected chi connectivity index (χ2v) is 6.33. The molecule has 24 heavy (non-hydrogen) atoms. The third kappa shape index (κ3) is 2.69. The molecule has 1 aromatic carbocycles. The summed E-state index contributed by atoms with van der Waals surface area (Å²) in [6, 6.07) is 8.53. The number of aliphatic hydroxyl groups is 1. The van der Waals surface area contributed by atoms with E-state index >= 15 is 0 Å². The van der Waals surface area contributed by atoms with E-state index in [2.05, 4.69) is 11.9 Å². The minimum atomic E-state index is -4.80. The summed E-state index contributed by atoms with van der Waals surface area (Å²) in [5.41, 5.74) is -0.0641. The topological polar surface area (TPSA) is 56.0 Å². The second-order valence-electron chi connectivity index (χ2n) is 6.33. The Balaban J connectivity index is 2.13. The van der Waals surface area contributed by atoms with Gasteiger partial charge in [0.05, 0.1) is 11.6 Å². The van der Waals surface area contributed by atoms with Crippen molar-refractivity contribution in [3.8, 4) is 6.07 Å². The monoisotopic (exact) mass is 334 g/mol. The van der Waals surface area contributed by atoms with Crippen molar-refractivity contribution in [2.24, 2.45) is 0 Å². The van der Waals surface area contributed by atoms with Crippen molar-refractivity contribution in [3.63, 3.8) is 0 Å². The Morgan fingerprint density at radius 2 is 2.08 bits per heavy atom. The van der Waals surface area contributed by atoms with Crippen LogP contribution in [0.15, 0.2) is 47.7 Å². The van der Waals surface area contributed by atoms with E-state index in [1.54, 1.807) is 24.3 Å². The molecule has 3 rings (SSSR count). The molecule has 0 fully saturated rings. The number of allylic oxidation sites excluding steroid dienone is 3. The van der Waals surface area contributed by atoms with Crippen molar-refractivity contribution in [2.45, 2.75) is 43.5 Å².